The van der Waals surface area contributed by atoms with Gasteiger partial charge in [0.05, 0.1) is 12.8 Å². The van der Waals surface area contributed by atoms with Gasteiger partial charge in [0.1, 0.15) is 17.9 Å². The Morgan fingerprint density at radius 3 is 2.54 bits per heavy atom. The number of aromatic hydroxyl groups is 1. The van der Waals surface area contributed by atoms with Crippen LogP contribution in [0.25, 0.3) is 0 Å². The topological polar surface area (TPSA) is 98.7 Å². The van der Waals surface area contributed by atoms with Gasteiger partial charge in [-0.2, -0.15) is 5.10 Å². The van der Waals surface area contributed by atoms with Crippen LogP contribution >= 0.6 is 0 Å². The predicted octanol–water partition coefficient (Wildman–Crippen LogP) is -1.49. The van der Waals surface area contributed by atoms with Crippen LogP contribution in [0, 0.1) is 0 Å². The molecule has 74 valence electrons. The minimum absolute atomic E-state index is 0.0848. The second kappa shape index (κ2) is 3.73. The lowest BCUT2D eigenvalue weighted by Gasteiger charge is -2.15. The molecule has 4 N–H and O–H groups in total. The standard InChI is InChI=1S/C7H12N2O4/c1-9-6(4(11)2-8-9)7(13)5(12)3-10/h2,5,7,10-13H,3H2,1H3. The Labute approximate surface area is 74.7 Å². The van der Waals surface area contributed by atoms with Crippen molar-refractivity contribution in [3.05, 3.63) is 11.9 Å². The van der Waals surface area contributed by atoms with Crippen molar-refractivity contribution in [3.8, 4) is 5.75 Å². The van der Waals surface area contributed by atoms with E-state index in [9.17, 15) is 10.2 Å². The first-order valence-corrected chi connectivity index (χ1v) is 3.75. The quantitative estimate of drug-likeness (QED) is 0.463. The van der Waals surface area contributed by atoms with Crippen LogP contribution in [0.5, 0.6) is 5.75 Å². The van der Waals surface area contributed by atoms with E-state index in [4.69, 9.17) is 10.2 Å². The lowest BCUT2D eigenvalue weighted by molar-refractivity contribution is -0.0199. The molecule has 1 heterocycles. The molecule has 2 unspecified atom stereocenters. The Bertz CT molecular complexity index is 267. The first-order chi connectivity index (χ1) is 6.07. The van der Waals surface area contributed by atoms with Crippen molar-refractivity contribution >= 4 is 0 Å². The van der Waals surface area contributed by atoms with E-state index in [2.05, 4.69) is 5.10 Å². The van der Waals surface area contributed by atoms with Gasteiger partial charge in [0, 0.05) is 7.05 Å². The molecule has 13 heavy (non-hydrogen) atoms. The van der Waals surface area contributed by atoms with Gasteiger partial charge in [0.15, 0.2) is 5.75 Å². The van der Waals surface area contributed by atoms with Crippen molar-refractivity contribution < 1.29 is 20.4 Å². The SMILES string of the molecule is Cn1ncc(O)c1C(O)C(O)CO. The van der Waals surface area contributed by atoms with Crippen LogP contribution in [0.4, 0.5) is 0 Å². The number of nitrogens with zero attached hydrogens (tertiary/aromatic N) is 2. The summed E-state index contributed by atoms with van der Waals surface area (Å²) >= 11 is 0. The van der Waals surface area contributed by atoms with Gasteiger partial charge < -0.3 is 20.4 Å². The van der Waals surface area contributed by atoms with Gasteiger partial charge in [-0.25, -0.2) is 0 Å². The molecule has 0 fully saturated rings. The normalized spacial score (nSPS) is 15.7. The minimum atomic E-state index is -1.34. The molecule has 0 saturated carbocycles. The first kappa shape index (κ1) is 9.97. The van der Waals surface area contributed by atoms with Gasteiger partial charge in [-0.1, -0.05) is 0 Å². The van der Waals surface area contributed by atoms with Gasteiger partial charge in [-0.3, -0.25) is 4.68 Å². The molecule has 0 amide bonds. The van der Waals surface area contributed by atoms with Crippen LogP contribution in [0.3, 0.4) is 0 Å². The third-order valence-corrected chi connectivity index (χ3v) is 1.80. The van der Waals surface area contributed by atoms with E-state index < -0.39 is 18.8 Å². The van der Waals surface area contributed by atoms with Crippen molar-refractivity contribution in [2.45, 2.75) is 12.2 Å². The van der Waals surface area contributed by atoms with E-state index >= 15 is 0 Å². The smallest absolute Gasteiger partial charge is 0.159 e. The maximum atomic E-state index is 9.41. The van der Waals surface area contributed by atoms with Crippen molar-refractivity contribution in [1.82, 2.24) is 9.78 Å². The van der Waals surface area contributed by atoms with Crippen LogP contribution in [-0.2, 0) is 7.05 Å². The van der Waals surface area contributed by atoms with Gasteiger partial charge in [0.25, 0.3) is 0 Å². The van der Waals surface area contributed by atoms with Crippen LogP contribution < -0.4 is 0 Å². The van der Waals surface area contributed by atoms with E-state index in [1.165, 1.54) is 11.7 Å². The molecule has 6 nitrogen and oxygen atoms in total. The van der Waals surface area contributed by atoms with Crippen molar-refractivity contribution in [2.75, 3.05) is 6.61 Å². The van der Waals surface area contributed by atoms with E-state index in [0.29, 0.717) is 0 Å². The molecular formula is C7H12N2O4. The molecule has 0 aliphatic rings. The van der Waals surface area contributed by atoms with E-state index in [-0.39, 0.29) is 11.4 Å². The number of aryl methyl sites for hydroxylation is 1. The van der Waals surface area contributed by atoms with Gasteiger partial charge in [-0.15, -0.1) is 0 Å². The average molecular weight is 188 g/mol. The highest BCUT2D eigenvalue weighted by atomic mass is 16.4. The maximum Gasteiger partial charge on any atom is 0.159 e. The molecule has 0 spiro atoms. The molecule has 0 bridgehead atoms. The third-order valence-electron chi connectivity index (χ3n) is 1.80. The fourth-order valence-electron chi connectivity index (χ4n) is 1.06. The Hall–Kier alpha value is -1.11. The van der Waals surface area contributed by atoms with Crippen molar-refractivity contribution in [2.24, 2.45) is 7.05 Å². The van der Waals surface area contributed by atoms with Crippen LogP contribution in [0.15, 0.2) is 6.20 Å². The van der Waals surface area contributed by atoms with Crippen LogP contribution in [0.2, 0.25) is 0 Å². The molecule has 1 aromatic rings. The molecule has 2 atom stereocenters. The molecule has 0 saturated heterocycles. The molecule has 0 aliphatic carbocycles. The zero-order chi connectivity index (χ0) is 10.0. The second-order valence-electron chi connectivity index (χ2n) is 2.73. The van der Waals surface area contributed by atoms with Crippen LogP contribution in [0.1, 0.15) is 11.8 Å². The molecule has 1 rings (SSSR count). The predicted molar refractivity (Wildman–Crippen MR) is 42.9 cm³/mol. The Morgan fingerprint density at radius 2 is 2.15 bits per heavy atom. The van der Waals surface area contributed by atoms with Gasteiger partial charge >= 0.3 is 0 Å². The fraction of sp³-hybridized carbons (Fsp3) is 0.571. The Kier molecular flexibility index (Phi) is 2.86. The number of aromatic nitrogens is 2. The molecule has 0 aromatic carbocycles. The minimum Gasteiger partial charge on any atom is -0.504 e. The monoisotopic (exact) mass is 188 g/mol. The first-order valence-electron chi connectivity index (χ1n) is 3.75. The van der Waals surface area contributed by atoms with E-state index in [0.717, 1.165) is 6.20 Å². The third kappa shape index (κ3) is 1.80. The average Bonchev–Trinajstić information content (AvgIpc) is 2.44. The Balaban J connectivity index is 2.93. The summed E-state index contributed by atoms with van der Waals surface area (Å²) in [5, 5.41) is 39.9. The molecular weight excluding hydrogens is 176 g/mol. The van der Waals surface area contributed by atoms with E-state index in [1.54, 1.807) is 0 Å². The lowest BCUT2D eigenvalue weighted by atomic mass is 10.1. The number of hydrogen-bond donors (Lipinski definition) is 4. The number of aliphatic hydroxyl groups is 3. The van der Waals surface area contributed by atoms with Crippen molar-refractivity contribution in [3.63, 3.8) is 0 Å². The lowest BCUT2D eigenvalue weighted by Crippen LogP contribution is -2.24. The summed E-state index contributed by atoms with van der Waals surface area (Å²) in [6.07, 6.45) is -1.50. The summed E-state index contributed by atoms with van der Waals surface area (Å²) in [7, 11) is 1.52. The highest BCUT2D eigenvalue weighted by molar-refractivity contribution is 5.25. The summed E-state index contributed by atoms with van der Waals surface area (Å²) in [6, 6.07) is 0. The number of aliphatic hydroxyl groups excluding tert-OH is 3. The zero-order valence-corrected chi connectivity index (χ0v) is 7.12. The highest BCUT2D eigenvalue weighted by Gasteiger charge is 2.23. The maximum absolute atomic E-state index is 9.41. The number of rotatable bonds is 3. The van der Waals surface area contributed by atoms with Crippen LogP contribution in [-0.4, -0.2) is 42.9 Å². The largest absolute Gasteiger partial charge is 0.504 e. The van der Waals surface area contributed by atoms with E-state index in [1.807, 2.05) is 0 Å². The molecule has 6 heteroatoms. The van der Waals surface area contributed by atoms with Gasteiger partial charge in [0.2, 0.25) is 0 Å². The summed E-state index contributed by atoms with van der Waals surface area (Å²) in [6.45, 7) is -0.578. The van der Waals surface area contributed by atoms with Gasteiger partial charge in [-0.05, 0) is 0 Å². The summed E-state index contributed by atoms with van der Waals surface area (Å²) < 4.78 is 1.23. The molecule has 0 aliphatic heterocycles. The summed E-state index contributed by atoms with van der Waals surface area (Å²) in [5.41, 5.74) is 0.0848. The molecule has 1 aromatic heterocycles. The molecule has 0 radical (unpaired) electrons. The Morgan fingerprint density at radius 1 is 1.54 bits per heavy atom. The fourth-order valence-corrected chi connectivity index (χ4v) is 1.06. The number of hydrogen-bond acceptors (Lipinski definition) is 5. The summed E-state index contributed by atoms with van der Waals surface area (Å²) in [5.74, 6) is -0.206. The highest BCUT2D eigenvalue weighted by Crippen LogP contribution is 2.24. The zero-order valence-electron chi connectivity index (χ0n) is 7.12. The second-order valence-corrected chi connectivity index (χ2v) is 2.73. The van der Waals surface area contributed by atoms with Crippen molar-refractivity contribution in [1.29, 1.82) is 0 Å². The summed E-state index contributed by atoms with van der Waals surface area (Å²) in [4.78, 5) is 0.